The molecule has 11 heteroatoms. The smallest absolute Gasteiger partial charge is 0.395 e. The number of carbonyl (C=O) groups is 1. The highest BCUT2D eigenvalue weighted by atomic mass is 19.3. The van der Waals surface area contributed by atoms with E-state index in [1.54, 1.807) is 35.4 Å². The monoisotopic (exact) mass is 417 g/mol. The molecular weight excluding hydrogens is 400 g/mol. The van der Waals surface area contributed by atoms with Crippen molar-refractivity contribution in [1.29, 1.82) is 0 Å². The average molecular weight is 417 g/mol. The summed E-state index contributed by atoms with van der Waals surface area (Å²) in [6.07, 6.45) is -2.03. The number of ether oxygens (including phenoxy) is 2. The standard InChI is InChI=1S/C19H17F2N5O4/c20-19(21)28-14-4-3-12(10-15(14)29-19)11-25-6-8-26(9-7-25)18(27)23-16-13-2-1-5-22-17(13)30-24-16/h1-5,10H,6-9,11H2,(H,23,24,27). The lowest BCUT2D eigenvalue weighted by atomic mass is 10.1. The SMILES string of the molecule is O=C(Nc1noc2ncccc12)N1CCN(Cc2ccc3c(c2)OC(F)(F)O3)CC1. The van der Waals surface area contributed by atoms with E-state index < -0.39 is 6.29 Å². The molecule has 2 aliphatic rings. The summed E-state index contributed by atoms with van der Waals surface area (Å²) < 4.78 is 40.3. The first-order chi connectivity index (χ1) is 14.5. The molecule has 2 aliphatic heterocycles. The molecule has 0 unspecified atom stereocenters. The van der Waals surface area contributed by atoms with E-state index in [1.165, 1.54) is 6.07 Å². The molecule has 156 valence electrons. The van der Waals surface area contributed by atoms with Gasteiger partial charge in [-0.05, 0) is 29.8 Å². The Hall–Kier alpha value is -3.47. The summed E-state index contributed by atoms with van der Waals surface area (Å²) in [5.74, 6) is 0.397. The number of hydrogen-bond donors (Lipinski definition) is 1. The predicted octanol–water partition coefficient (Wildman–Crippen LogP) is 2.89. The van der Waals surface area contributed by atoms with E-state index in [0.717, 1.165) is 5.56 Å². The molecule has 1 saturated heterocycles. The Balaban J connectivity index is 1.16. The molecule has 0 spiro atoms. The van der Waals surface area contributed by atoms with Gasteiger partial charge in [0.2, 0.25) is 0 Å². The molecule has 0 bridgehead atoms. The number of alkyl halides is 2. The largest absolute Gasteiger partial charge is 0.586 e. The molecule has 2 aromatic heterocycles. The number of anilines is 1. The van der Waals surface area contributed by atoms with Crippen LogP contribution in [0.15, 0.2) is 41.1 Å². The Morgan fingerprint density at radius 2 is 1.93 bits per heavy atom. The number of piperazine rings is 1. The van der Waals surface area contributed by atoms with Crippen LogP contribution in [0.2, 0.25) is 0 Å². The predicted molar refractivity (Wildman–Crippen MR) is 100 cm³/mol. The van der Waals surface area contributed by atoms with Gasteiger partial charge >= 0.3 is 12.3 Å². The Morgan fingerprint density at radius 3 is 2.77 bits per heavy atom. The second kappa shape index (κ2) is 7.10. The van der Waals surface area contributed by atoms with Gasteiger partial charge in [-0.3, -0.25) is 10.2 Å². The molecule has 1 N–H and O–H groups in total. The van der Waals surface area contributed by atoms with Crippen LogP contribution in [0.3, 0.4) is 0 Å². The van der Waals surface area contributed by atoms with Crippen LogP contribution in [0.25, 0.3) is 11.1 Å². The van der Waals surface area contributed by atoms with Crippen molar-refractivity contribution in [3.05, 3.63) is 42.1 Å². The van der Waals surface area contributed by atoms with E-state index in [4.69, 9.17) is 4.52 Å². The van der Waals surface area contributed by atoms with Crippen LogP contribution in [0, 0.1) is 0 Å². The number of hydrogen-bond acceptors (Lipinski definition) is 7. The minimum Gasteiger partial charge on any atom is -0.395 e. The van der Waals surface area contributed by atoms with Crippen molar-refractivity contribution in [2.45, 2.75) is 12.8 Å². The van der Waals surface area contributed by atoms with Crippen LogP contribution in [0.4, 0.5) is 19.4 Å². The summed E-state index contributed by atoms with van der Waals surface area (Å²) in [6.45, 7) is 2.86. The summed E-state index contributed by atoms with van der Waals surface area (Å²) in [5.41, 5.74) is 1.19. The average Bonchev–Trinajstić information content (AvgIpc) is 3.27. The first-order valence-corrected chi connectivity index (χ1v) is 9.34. The quantitative estimate of drug-likeness (QED) is 0.700. The van der Waals surface area contributed by atoms with Gasteiger partial charge < -0.3 is 18.9 Å². The van der Waals surface area contributed by atoms with Crippen LogP contribution < -0.4 is 14.8 Å². The van der Waals surface area contributed by atoms with E-state index in [2.05, 4.69) is 29.8 Å². The second-order valence-corrected chi connectivity index (χ2v) is 7.03. The van der Waals surface area contributed by atoms with Crippen molar-refractivity contribution >= 4 is 22.9 Å². The van der Waals surface area contributed by atoms with Crippen molar-refractivity contribution in [3.8, 4) is 11.5 Å². The number of benzene rings is 1. The molecule has 1 fully saturated rings. The first-order valence-electron chi connectivity index (χ1n) is 9.34. The van der Waals surface area contributed by atoms with Crippen molar-refractivity contribution in [2.75, 3.05) is 31.5 Å². The van der Waals surface area contributed by atoms with Gasteiger partial charge in [0.25, 0.3) is 5.71 Å². The fourth-order valence-electron chi connectivity index (χ4n) is 3.51. The number of rotatable bonds is 3. The zero-order valence-corrected chi connectivity index (χ0v) is 15.7. The van der Waals surface area contributed by atoms with Gasteiger partial charge in [-0.25, -0.2) is 9.78 Å². The molecule has 9 nitrogen and oxygen atoms in total. The molecule has 0 atom stereocenters. The first kappa shape index (κ1) is 18.6. The van der Waals surface area contributed by atoms with E-state index in [9.17, 15) is 13.6 Å². The van der Waals surface area contributed by atoms with Crippen molar-refractivity contribution < 1.29 is 27.6 Å². The summed E-state index contributed by atoms with van der Waals surface area (Å²) in [7, 11) is 0. The molecular formula is C19H17F2N5O4. The van der Waals surface area contributed by atoms with Crippen LogP contribution in [0.5, 0.6) is 11.5 Å². The topological polar surface area (TPSA) is 93.0 Å². The zero-order chi connectivity index (χ0) is 20.7. The Morgan fingerprint density at radius 1 is 1.13 bits per heavy atom. The number of aromatic nitrogens is 2. The fourth-order valence-corrected chi connectivity index (χ4v) is 3.51. The van der Waals surface area contributed by atoms with Gasteiger partial charge in [-0.2, -0.15) is 0 Å². The van der Waals surface area contributed by atoms with Crippen LogP contribution >= 0.6 is 0 Å². The number of urea groups is 1. The maximum atomic E-state index is 13.2. The third kappa shape index (κ3) is 3.59. The lowest BCUT2D eigenvalue weighted by Gasteiger charge is -2.34. The van der Waals surface area contributed by atoms with E-state index in [0.29, 0.717) is 49.6 Å². The third-order valence-corrected chi connectivity index (χ3v) is 5.01. The molecule has 0 aliphatic carbocycles. The molecule has 4 heterocycles. The highest BCUT2D eigenvalue weighted by Crippen LogP contribution is 2.41. The minimum atomic E-state index is -3.62. The summed E-state index contributed by atoms with van der Waals surface area (Å²) in [5, 5.41) is 7.25. The fraction of sp³-hybridized carbons (Fsp3) is 0.316. The molecule has 2 amide bonds. The normalized spacial score (nSPS) is 18.0. The van der Waals surface area contributed by atoms with E-state index >= 15 is 0 Å². The highest BCUT2D eigenvalue weighted by molar-refractivity contribution is 5.97. The van der Waals surface area contributed by atoms with Crippen molar-refractivity contribution in [2.24, 2.45) is 0 Å². The van der Waals surface area contributed by atoms with Gasteiger partial charge in [0.1, 0.15) is 0 Å². The molecule has 5 rings (SSSR count). The molecule has 0 saturated carbocycles. The number of nitrogens with one attached hydrogen (secondary N) is 1. The lowest BCUT2D eigenvalue weighted by molar-refractivity contribution is -0.286. The minimum absolute atomic E-state index is 0.0285. The summed E-state index contributed by atoms with van der Waals surface area (Å²) >= 11 is 0. The third-order valence-electron chi connectivity index (χ3n) is 5.01. The van der Waals surface area contributed by atoms with Gasteiger partial charge in [0.15, 0.2) is 17.3 Å². The molecule has 3 aromatic rings. The van der Waals surface area contributed by atoms with E-state index in [1.807, 2.05) is 0 Å². The second-order valence-electron chi connectivity index (χ2n) is 7.03. The summed E-state index contributed by atoms with van der Waals surface area (Å²) in [6, 6.07) is 8.01. The number of carbonyl (C=O) groups excluding carboxylic acids is 1. The zero-order valence-electron chi connectivity index (χ0n) is 15.7. The number of nitrogens with zero attached hydrogens (tertiary/aromatic N) is 4. The van der Waals surface area contributed by atoms with Gasteiger partial charge in [0.05, 0.1) is 5.39 Å². The highest BCUT2D eigenvalue weighted by Gasteiger charge is 2.43. The number of fused-ring (bicyclic) bond motifs is 2. The number of amides is 2. The maximum Gasteiger partial charge on any atom is 0.586 e. The van der Waals surface area contributed by atoms with Crippen molar-refractivity contribution in [1.82, 2.24) is 19.9 Å². The van der Waals surface area contributed by atoms with E-state index in [-0.39, 0.29) is 17.5 Å². The number of halogens is 2. The Bertz CT molecular complexity index is 1100. The van der Waals surface area contributed by atoms with Gasteiger partial charge in [-0.15, -0.1) is 8.78 Å². The van der Waals surface area contributed by atoms with Gasteiger partial charge in [-0.1, -0.05) is 11.2 Å². The summed E-state index contributed by atoms with van der Waals surface area (Å²) in [4.78, 5) is 20.4. The Kier molecular flexibility index (Phi) is 4.39. The Labute approximate surface area is 169 Å². The molecule has 1 aromatic carbocycles. The molecule has 0 radical (unpaired) electrons. The number of pyridine rings is 1. The lowest BCUT2D eigenvalue weighted by Crippen LogP contribution is -2.49. The van der Waals surface area contributed by atoms with Crippen LogP contribution in [-0.2, 0) is 6.54 Å². The van der Waals surface area contributed by atoms with Crippen LogP contribution in [0.1, 0.15) is 5.56 Å². The molecule has 30 heavy (non-hydrogen) atoms. The van der Waals surface area contributed by atoms with Gasteiger partial charge in [0, 0.05) is 38.9 Å². The maximum absolute atomic E-state index is 13.2. The van der Waals surface area contributed by atoms with Crippen molar-refractivity contribution in [3.63, 3.8) is 0 Å². The van der Waals surface area contributed by atoms with Crippen LogP contribution in [-0.4, -0.2) is 58.4 Å².